The average Bonchev–Trinajstić information content (AvgIpc) is 3.03. The Balaban J connectivity index is 0.000000790. The van der Waals surface area contributed by atoms with Crippen molar-refractivity contribution in [1.82, 2.24) is 0 Å². The smallest absolute Gasteiger partial charge is 0.335 e. The van der Waals surface area contributed by atoms with Crippen molar-refractivity contribution < 1.29 is 70.8 Å². The molecular formula is C30H42N4O15S2. The van der Waals surface area contributed by atoms with Crippen LogP contribution in [0.5, 0.6) is 28.7 Å². The highest BCUT2D eigenvalue weighted by Crippen LogP contribution is 2.35. The first kappa shape index (κ1) is 45.8. The number of rotatable bonds is 15. The van der Waals surface area contributed by atoms with Crippen LogP contribution < -0.4 is 20.9 Å². The Morgan fingerprint density at radius 1 is 0.627 bits per heavy atom. The van der Waals surface area contributed by atoms with Gasteiger partial charge in [0, 0.05) is 11.1 Å². The molecule has 51 heavy (non-hydrogen) atoms. The first-order chi connectivity index (χ1) is 23.7. The van der Waals surface area contributed by atoms with Gasteiger partial charge in [0.15, 0.2) is 17.2 Å². The molecule has 0 atom stereocenters. The third kappa shape index (κ3) is 22.2. The molecule has 0 saturated heterocycles. The van der Waals surface area contributed by atoms with Crippen molar-refractivity contribution in [2.75, 3.05) is 37.9 Å². The molecule has 21 heteroatoms. The van der Waals surface area contributed by atoms with Crippen LogP contribution in [0.2, 0.25) is 0 Å². The van der Waals surface area contributed by atoms with Gasteiger partial charge in [-0.05, 0) is 79.9 Å². The molecule has 0 spiro atoms. The van der Waals surface area contributed by atoms with Crippen LogP contribution >= 0.6 is 0 Å². The maximum absolute atomic E-state index is 10.3. The topological polar surface area (TPSA) is 365 Å². The minimum absolute atomic E-state index is 0.0579. The predicted octanol–water partition coefficient (Wildman–Crippen LogP) is 1.12. The minimum atomic E-state index is -3.92. The Bertz CT molecular complexity index is 1630. The third-order valence-corrected chi connectivity index (χ3v) is 7.07. The summed E-state index contributed by atoms with van der Waals surface area (Å²) in [5.74, 6) is -2.80. The van der Waals surface area contributed by atoms with Crippen molar-refractivity contribution in [3.8, 4) is 28.7 Å². The molecule has 3 aromatic rings. The van der Waals surface area contributed by atoms with E-state index in [-0.39, 0.29) is 17.2 Å². The van der Waals surface area contributed by atoms with Gasteiger partial charge < -0.3 is 51.6 Å². The SMILES string of the molecule is N=C(N)c1ccc(OCCCCCOc2ccc(C(=N)N)cc2)cc1.O=C(O)c1cc(O)c(O)c(O)c1.O=S(=O)(O)CCO.O=S(=O)(O)CCO. The molecule has 0 saturated carbocycles. The van der Waals surface area contributed by atoms with Crippen LogP contribution in [-0.2, 0) is 20.2 Å². The molecule has 19 nitrogen and oxygen atoms in total. The normalized spacial score (nSPS) is 10.5. The lowest BCUT2D eigenvalue weighted by Crippen LogP contribution is -2.10. The lowest BCUT2D eigenvalue weighted by atomic mass is 10.2. The summed E-state index contributed by atoms with van der Waals surface area (Å²) in [6, 6.07) is 16.1. The molecule has 0 aliphatic heterocycles. The van der Waals surface area contributed by atoms with Crippen LogP contribution in [0.15, 0.2) is 60.7 Å². The van der Waals surface area contributed by atoms with E-state index in [1.54, 1.807) is 24.3 Å². The Morgan fingerprint density at radius 3 is 1.20 bits per heavy atom. The van der Waals surface area contributed by atoms with Gasteiger partial charge in [0.2, 0.25) is 0 Å². The summed E-state index contributed by atoms with van der Waals surface area (Å²) in [6.45, 7) is 0.233. The highest BCUT2D eigenvalue weighted by Gasteiger charge is 2.11. The van der Waals surface area contributed by atoms with Crippen LogP contribution in [0.25, 0.3) is 0 Å². The summed E-state index contributed by atoms with van der Waals surface area (Å²) in [6.07, 6.45) is 2.90. The number of carboxylic acids is 1. The van der Waals surface area contributed by atoms with E-state index in [0.717, 1.165) is 42.9 Å². The number of aliphatic hydroxyl groups excluding tert-OH is 2. The number of nitrogen functional groups attached to an aromatic ring is 2. The molecule has 3 rings (SSSR count). The molecule has 284 valence electrons. The fourth-order valence-electron chi connectivity index (χ4n) is 3.18. The van der Waals surface area contributed by atoms with Gasteiger partial charge in [-0.15, -0.1) is 0 Å². The summed E-state index contributed by atoms with van der Waals surface area (Å²) in [7, 11) is -7.85. The number of amidine groups is 2. The second kappa shape index (κ2) is 23.3. The number of hydrogen-bond acceptors (Lipinski definition) is 14. The predicted molar refractivity (Wildman–Crippen MR) is 185 cm³/mol. The molecule has 0 aliphatic carbocycles. The number of nitrogens with two attached hydrogens (primary N) is 2. The lowest BCUT2D eigenvalue weighted by Gasteiger charge is -2.08. The Morgan fingerprint density at radius 2 is 0.961 bits per heavy atom. The molecule has 0 radical (unpaired) electrons. The second-order valence-corrected chi connectivity index (χ2v) is 13.0. The lowest BCUT2D eigenvalue weighted by molar-refractivity contribution is 0.0695. The molecule has 0 heterocycles. The van der Waals surface area contributed by atoms with Crippen molar-refractivity contribution in [1.29, 1.82) is 10.8 Å². The number of aliphatic hydroxyl groups is 2. The number of ether oxygens (including phenoxy) is 2. The van der Waals surface area contributed by atoms with Crippen molar-refractivity contribution in [2.24, 2.45) is 11.5 Å². The number of hydrogen-bond donors (Lipinski definition) is 12. The number of phenols is 3. The van der Waals surface area contributed by atoms with E-state index < -0.39 is 68.2 Å². The van der Waals surface area contributed by atoms with Gasteiger partial charge in [0.1, 0.15) is 23.2 Å². The fraction of sp³-hybridized carbons (Fsp3) is 0.300. The molecule has 0 fully saturated rings. The zero-order chi connectivity index (χ0) is 39.2. The van der Waals surface area contributed by atoms with Crippen molar-refractivity contribution >= 4 is 37.9 Å². The standard InChI is InChI=1S/C19H24N4O2.C7H6O5.2C2H6O4S/c20-18(21)14-4-8-16(9-5-14)24-12-2-1-3-13-25-17-10-6-15(7-11-17)19(22)23;8-4-1-3(7(11)12)2-5(9)6(4)10;2*3-1-2-7(4,5)6/h4-11H,1-3,12-13H2,(H3,20,21)(H3,22,23);1-2,8-10H,(H,11,12);2*3H,1-2H2,(H,4,5,6). The van der Waals surface area contributed by atoms with Crippen LogP contribution in [0.4, 0.5) is 0 Å². The number of benzene rings is 3. The molecule has 0 amide bonds. The Labute approximate surface area is 293 Å². The number of unbranched alkanes of at least 4 members (excludes halogenated alkanes) is 2. The monoisotopic (exact) mass is 762 g/mol. The van der Waals surface area contributed by atoms with E-state index in [1.165, 1.54) is 0 Å². The van der Waals surface area contributed by atoms with Gasteiger partial charge in [-0.3, -0.25) is 19.9 Å². The van der Waals surface area contributed by atoms with Gasteiger partial charge in [-0.25, -0.2) is 4.79 Å². The fourth-order valence-corrected chi connectivity index (χ4v) is 3.64. The summed E-state index contributed by atoms with van der Waals surface area (Å²) in [5, 5.41) is 65.4. The van der Waals surface area contributed by atoms with Gasteiger partial charge >= 0.3 is 5.97 Å². The van der Waals surface area contributed by atoms with Crippen LogP contribution in [0.3, 0.4) is 0 Å². The van der Waals surface area contributed by atoms with Crippen molar-refractivity contribution in [3.63, 3.8) is 0 Å². The highest BCUT2D eigenvalue weighted by molar-refractivity contribution is 7.86. The first-order valence-corrected chi connectivity index (χ1v) is 17.7. The zero-order valence-corrected chi connectivity index (χ0v) is 28.7. The molecule has 3 aromatic carbocycles. The van der Waals surface area contributed by atoms with E-state index >= 15 is 0 Å². The number of nitrogens with one attached hydrogen (secondary N) is 2. The molecule has 0 unspecified atom stereocenters. The maximum Gasteiger partial charge on any atom is 0.335 e. The summed E-state index contributed by atoms with van der Waals surface area (Å²) < 4.78 is 65.5. The molecule has 0 aliphatic rings. The second-order valence-electron chi connectivity index (χ2n) is 9.82. The molecule has 0 bridgehead atoms. The third-order valence-electron chi connectivity index (χ3n) is 5.67. The van der Waals surface area contributed by atoms with Crippen LogP contribution in [0.1, 0.15) is 40.7 Å². The molecule has 0 aromatic heterocycles. The van der Waals surface area contributed by atoms with Crippen LogP contribution in [0, 0.1) is 10.8 Å². The number of aromatic carboxylic acids is 1. The molecular weight excluding hydrogens is 720 g/mol. The number of carboxylic acid groups (broad SMARTS) is 1. The summed E-state index contributed by atoms with van der Waals surface area (Å²) in [4.78, 5) is 10.3. The van der Waals surface area contributed by atoms with E-state index in [1.807, 2.05) is 24.3 Å². The summed E-state index contributed by atoms with van der Waals surface area (Å²) >= 11 is 0. The van der Waals surface area contributed by atoms with E-state index in [0.29, 0.717) is 24.3 Å². The number of phenolic OH excluding ortho intramolecular Hbond substituents is 3. The van der Waals surface area contributed by atoms with E-state index in [2.05, 4.69) is 0 Å². The van der Waals surface area contributed by atoms with E-state index in [9.17, 15) is 21.6 Å². The Kier molecular flexibility index (Phi) is 20.9. The van der Waals surface area contributed by atoms with E-state index in [4.69, 9.17) is 71.5 Å². The first-order valence-electron chi connectivity index (χ1n) is 14.5. The zero-order valence-electron chi connectivity index (χ0n) is 27.0. The maximum atomic E-state index is 10.3. The van der Waals surface area contributed by atoms with Gasteiger partial charge in [0.05, 0.1) is 43.5 Å². The van der Waals surface area contributed by atoms with Gasteiger partial charge in [-0.1, -0.05) is 0 Å². The van der Waals surface area contributed by atoms with Gasteiger partial charge in [-0.2, -0.15) is 16.8 Å². The summed E-state index contributed by atoms with van der Waals surface area (Å²) in [5.41, 5.74) is 11.9. The minimum Gasteiger partial charge on any atom is -0.504 e. The van der Waals surface area contributed by atoms with Crippen molar-refractivity contribution in [3.05, 3.63) is 77.4 Å². The number of aromatic hydroxyl groups is 3. The largest absolute Gasteiger partial charge is 0.504 e. The quantitative estimate of drug-likeness (QED) is 0.0339. The Hall–Kier alpha value is -5.19. The van der Waals surface area contributed by atoms with Crippen molar-refractivity contribution in [2.45, 2.75) is 19.3 Å². The van der Waals surface area contributed by atoms with Gasteiger partial charge in [0.25, 0.3) is 20.2 Å². The number of carbonyl (C=O) groups is 1. The van der Waals surface area contributed by atoms with Crippen LogP contribution in [-0.4, -0.2) is 112 Å². The highest BCUT2D eigenvalue weighted by atomic mass is 32.2. The molecule has 14 N–H and O–H groups in total. The average molecular weight is 763 g/mol.